The molecular weight excluding hydrogens is 362 g/mol. The van der Waals surface area contributed by atoms with Crippen molar-refractivity contribution < 1.29 is 9.21 Å². The van der Waals surface area contributed by atoms with E-state index in [0.29, 0.717) is 5.56 Å². The highest BCUT2D eigenvalue weighted by atomic mass is 16.3. The molecule has 5 nitrogen and oxygen atoms in total. The molecule has 4 aromatic rings. The molecule has 0 bridgehead atoms. The Balaban J connectivity index is 1.68. The Morgan fingerprint density at radius 3 is 2.72 bits per heavy atom. The van der Waals surface area contributed by atoms with Gasteiger partial charge in [0, 0.05) is 23.5 Å². The van der Waals surface area contributed by atoms with Gasteiger partial charge in [-0.2, -0.15) is 0 Å². The summed E-state index contributed by atoms with van der Waals surface area (Å²) in [6.45, 7) is 0. The lowest BCUT2D eigenvalue weighted by molar-refractivity contribution is 0.102. The number of allylic oxidation sites excluding steroid dienone is 1. The minimum absolute atomic E-state index is 0.120. The second-order valence-electron chi connectivity index (χ2n) is 7.06. The van der Waals surface area contributed by atoms with E-state index in [2.05, 4.69) is 10.3 Å². The fourth-order valence-corrected chi connectivity index (χ4v) is 3.91. The maximum absolute atomic E-state index is 13.3. The molecule has 0 spiro atoms. The number of nitrogens with zero attached hydrogens (tertiary/aromatic N) is 2. The summed E-state index contributed by atoms with van der Waals surface area (Å²) in [7, 11) is 0. The predicted molar refractivity (Wildman–Crippen MR) is 113 cm³/mol. The summed E-state index contributed by atoms with van der Waals surface area (Å²) in [6, 6.07) is 15.2. The molecule has 3 heterocycles. The Morgan fingerprint density at radius 1 is 1.03 bits per heavy atom. The first-order valence-corrected chi connectivity index (χ1v) is 9.67. The number of anilines is 1. The van der Waals surface area contributed by atoms with Gasteiger partial charge in [-0.25, -0.2) is 4.98 Å². The molecule has 0 saturated carbocycles. The number of benzene rings is 1. The number of hydrogen-bond donors (Lipinski definition) is 1. The van der Waals surface area contributed by atoms with Crippen molar-refractivity contribution in [2.24, 2.45) is 0 Å². The summed E-state index contributed by atoms with van der Waals surface area (Å²) in [5.41, 5.74) is 5.24. The molecule has 1 N–H and O–H groups in total. The summed E-state index contributed by atoms with van der Waals surface area (Å²) < 4.78 is 5.51. The maximum atomic E-state index is 13.3. The van der Waals surface area contributed by atoms with E-state index in [1.165, 1.54) is 0 Å². The Kier molecular flexibility index (Phi) is 4.41. The van der Waals surface area contributed by atoms with E-state index in [9.17, 15) is 4.79 Å². The number of aromatic nitrogens is 2. The minimum Gasteiger partial charge on any atom is -0.465 e. The van der Waals surface area contributed by atoms with Crippen LogP contribution in [-0.4, -0.2) is 15.9 Å². The largest absolute Gasteiger partial charge is 0.465 e. The Labute approximate surface area is 168 Å². The van der Waals surface area contributed by atoms with Gasteiger partial charge in [0.2, 0.25) is 0 Å². The van der Waals surface area contributed by atoms with Crippen molar-refractivity contribution in [3.8, 4) is 0 Å². The molecule has 0 saturated heterocycles. The highest BCUT2D eigenvalue weighted by Gasteiger charge is 2.25. The maximum Gasteiger partial charge on any atom is 0.256 e. The van der Waals surface area contributed by atoms with Gasteiger partial charge in [0.05, 0.1) is 23.0 Å². The number of hydrogen-bond acceptors (Lipinski definition) is 4. The van der Waals surface area contributed by atoms with Gasteiger partial charge in [-0.3, -0.25) is 9.78 Å². The normalized spacial score (nSPS) is 14.7. The molecule has 0 fully saturated rings. The first kappa shape index (κ1) is 17.4. The third-order valence-corrected chi connectivity index (χ3v) is 5.20. The SMILES string of the molecule is O=C(Nc1ccncc1)c1c2c(nc3ccccc13)/C(=C/c1ccco1)CCC2. The Hall–Kier alpha value is -3.73. The number of furan rings is 1. The first-order chi connectivity index (χ1) is 14.3. The standard InChI is InChI=1S/C24H19N3O2/c28-24(26-17-10-12-25-13-11-17)22-19-7-1-2-9-21(19)27-23-16(5-3-8-20(22)23)15-18-6-4-14-29-18/h1-2,4,6-7,9-15H,3,5,8H2,(H,25,26,28)/b16-15+. The van der Waals surface area contributed by atoms with Crippen LogP contribution in [-0.2, 0) is 6.42 Å². The molecule has 1 aromatic carbocycles. The van der Waals surface area contributed by atoms with E-state index in [1.807, 2.05) is 42.5 Å². The fourth-order valence-electron chi connectivity index (χ4n) is 3.91. The topological polar surface area (TPSA) is 68.0 Å². The van der Waals surface area contributed by atoms with Crippen molar-refractivity contribution >= 4 is 34.1 Å². The molecule has 5 heteroatoms. The van der Waals surface area contributed by atoms with Crippen molar-refractivity contribution in [1.29, 1.82) is 0 Å². The Morgan fingerprint density at radius 2 is 1.90 bits per heavy atom. The minimum atomic E-state index is -0.120. The number of rotatable bonds is 3. The van der Waals surface area contributed by atoms with E-state index >= 15 is 0 Å². The molecule has 1 aliphatic rings. The molecule has 29 heavy (non-hydrogen) atoms. The van der Waals surface area contributed by atoms with E-state index in [0.717, 1.165) is 58.4 Å². The lowest BCUT2D eigenvalue weighted by Crippen LogP contribution is -2.18. The molecule has 0 aliphatic heterocycles. The quantitative estimate of drug-likeness (QED) is 0.519. The van der Waals surface area contributed by atoms with Crippen LogP contribution >= 0.6 is 0 Å². The molecule has 142 valence electrons. The average molecular weight is 381 g/mol. The fraction of sp³-hybridized carbons (Fsp3) is 0.125. The van der Waals surface area contributed by atoms with Gasteiger partial charge in [0.25, 0.3) is 5.91 Å². The van der Waals surface area contributed by atoms with Crippen LogP contribution in [0.4, 0.5) is 5.69 Å². The lowest BCUT2D eigenvalue weighted by Gasteiger charge is -2.22. The molecule has 0 atom stereocenters. The van der Waals surface area contributed by atoms with Crippen molar-refractivity contribution in [1.82, 2.24) is 9.97 Å². The van der Waals surface area contributed by atoms with Crippen molar-refractivity contribution in [3.63, 3.8) is 0 Å². The average Bonchev–Trinajstić information content (AvgIpc) is 3.26. The van der Waals surface area contributed by atoms with Crippen LogP contribution in [0.2, 0.25) is 0 Å². The van der Waals surface area contributed by atoms with Crippen LogP contribution in [0.3, 0.4) is 0 Å². The third kappa shape index (κ3) is 3.31. The van der Waals surface area contributed by atoms with Crippen LogP contribution in [0, 0.1) is 0 Å². The second kappa shape index (κ2) is 7.36. The van der Waals surface area contributed by atoms with Crippen LogP contribution in [0.25, 0.3) is 22.6 Å². The molecule has 3 aromatic heterocycles. The van der Waals surface area contributed by atoms with Gasteiger partial charge in [-0.05, 0) is 66.8 Å². The number of para-hydroxylation sites is 1. The van der Waals surface area contributed by atoms with Gasteiger partial charge >= 0.3 is 0 Å². The number of amides is 1. The summed E-state index contributed by atoms with van der Waals surface area (Å²) in [4.78, 5) is 22.3. The number of carbonyl (C=O) groups excluding carboxylic acids is 1. The highest BCUT2D eigenvalue weighted by Crippen LogP contribution is 2.36. The zero-order valence-corrected chi connectivity index (χ0v) is 15.8. The van der Waals surface area contributed by atoms with E-state index in [-0.39, 0.29) is 5.91 Å². The molecule has 1 amide bonds. The molecule has 1 aliphatic carbocycles. The Bertz CT molecular complexity index is 1210. The number of pyridine rings is 2. The van der Waals surface area contributed by atoms with Crippen LogP contribution < -0.4 is 5.32 Å². The summed E-state index contributed by atoms with van der Waals surface area (Å²) in [6.07, 6.45) is 9.73. The van der Waals surface area contributed by atoms with Gasteiger partial charge in [0.15, 0.2) is 0 Å². The second-order valence-corrected chi connectivity index (χ2v) is 7.06. The lowest BCUT2D eigenvalue weighted by atomic mass is 9.86. The summed E-state index contributed by atoms with van der Waals surface area (Å²) >= 11 is 0. The van der Waals surface area contributed by atoms with Crippen molar-refractivity contribution in [3.05, 3.63) is 89.8 Å². The molecule has 0 unspecified atom stereocenters. The van der Waals surface area contributed by atoms with E-state index in [4.69, 9.17) is 9.40 Å². The number of nitrogens with one attached hydrogen (secondary N) is 1. The summed E-state index contributed by atoms with van der Waals surface area (Å²) in [5, 5.41) is 3.89. The predicted octanol–water partition coefficient (Wildman–Crippen LogP) is 5.35. The molecule has 5 rings (SSSR count). The van der Waals surface area contributed by atoms with E-state index in [1.54, 1.807) is 30.8 Å². The van der Waals surface area contributed by atoms with Crippen LogP contribution in [0.5, 0.6) is 0 Å². The van der Waals surface area contributed by atoms with Crippen LogP contribution in [0.15, 0.2) is 71.6 Å². The van der Waals surface area contributed by atoms with Gasteiger partial charge in [0.1, 0.15) is 5.76 Å². The van der Waals surface area contributed by atoms with Gasteiger partial charge < -0.3 is 9.73 Å². The monoisotopic (exact) mass is 381 g/mol. The molecule has 0 radical (unpaired) electrons. The number of fused-ring (bicyclic) bond motifs is 2. The van der Waals surface area contributed by atoms with E-state index < -0.39 is 0 Å². The van der Waals surface area contributed by atoms with Gasteiger partial charge in [-0.1, -0.05) is 18.2 Å². The third-order valence-electron chi connectivity index (χ3n) is 5.20. The smallest absolute Gasteiger partial charge is 0.256 e. The van der Waals surface area contributed by atoms with Gasteiger partial charge in [-0.15, -0.1) is 0 Å². The highest BCUT2D eigenvalue weighted by molar-refractivity contribution is 6.14. The van der Waals surface area contributed by atoms with Crippen molar-refractivity contribution in [2.75, 3.05) is 5.32 Å². The molecular formula is C24H19N3O2. The zero-order valence-electron chi connectivity index (χ0n) is 15.8. The number of carbonyl (C=O) groups is 1. The summed E-state index contributed by atoms with van der Waals surface area (Å²) in [5.74, 6) is 0.677. The zero-order chi connectivity index (χ0) is 19.6. The van der Waals surface area contributed by atoms with Crippen molar-refractivity contribution in [2.45, 2.75) is 19.3 Å². The first-order valence-electron chi connectivity index (χ1n) is 9.67. The van der Waals surface area contributed by atoms with Crippen LogP contribution in [0.1, 0.15) is 40.2 Å².